The molecule has 3 nitrogen and oxygen atoms in total. The average Bonchev–Trinajstić information content (AvgIpc) is 2.67. The third-order valence-electron chi connectivity index (χ3n) is 6.26. The van der Waals surface area contributed by atoms with Crippen LogP contribution in [0, 0.1) is 42.4 Å². The summed E-state index contributed by atoms with van der Waals surface area (Å²) in [5, 5.41) is 0. The van der Waals surface area contributed by atoms with Crippen LogP contribution in [0.15, 0.2) is 41.3 Å². The van der Waals surface area contributed by atoms with Crippen molar-refractivity contribution in [1.29, 1.82) is 0 Å². The molecule has 0 spiro atoms. The van der Waals surface area contributed by atoms with Crippen LogP contribution in [0.5, 0.6) is 0 Å². The fourth-order valence-corrected chi connectivity index (χ4v) is 6.52. The highest BCUT2D eigenvalue weighted by Crippen LogP contribution is 2.75. The van der Waals surface area contributed by atoms with E-state index in [0.29, 0.717) is 23.7 Å². The zero-order valence-corrected chi connectivity index (χ0v) is 12.7. The van der Waals surface area contributed by atoms with E-state index in [1.165, 1.54) is 0 Å². The van der Waals surface area contributed by atoms with E-state index in [9.17, 15) is 8.42 Å². The summed E-state index contributed by atoms with van der Waals surface area (Å²) in [5.74, 6) is 3.95. The molecule has 4 aliphatic carbocycles. The second kappa shape index (κ2) is 3.79. The second-order valence-corrected chi connectivity index (χ2v) is 8.65. The summed E-state index contributed by atoms with van der Waals surface area (Å²) in [7, 11) is -3.63. The minimum atomic E-state index is -3.63. The summed E-state index contributed by atoms with van der Waals surface area (Å²) in [6.07, 6.45) is 5.48. The summed E-state index contributed by atoms with van der Waals surface area (Å²) >= 11 is 0. The highest BCUT2D eigenvalue weighted by Gasteiger charge is 2.73. The zero-order chi connectivity index (χ0) is 14.4. The lowest BCUT2D eigenvalue weighted by atomic mass is 9.44. The minimum Gasteiger partial charge on any atom is -0.263 e. The van der Waals surface area contributed by atoms with E-state index < -0.39 is 10.1 Å². The lowest BCUT2D eigenvalue weighted by Gasteiger charge is -2.59. The van der Waals surface area contributed by atoms with Crippen LogP contribution in [0.4, 0.5) is 0 Å². The first kappa shape index (κ1) is 12.4. The van der Waals surface area contributed by atoms with Crippen LogP contribution in [0.25, 0.3) is 0 Å². The Kier molecular flexibility index (Phi) is 2.24. The lowest BCUT2D eigenvalue weighted by Crippen LogP contribution is -2.58. The van der Waals surface area contributed by atoms with Crippen molar-refractivity contribution in [2.24, 2.45) is 35.5 Å². The van der Waals surface area contributed by atoms with Crippen molar-refractivity contribution < 1.29 is 12.6 Å². The van der Waals surface area contributed by atoms with Crippen molar-refractivity contribution in [3.63, 3.8) is 0 Å². The summed E-state index contributed by atoms with van der Waals surface area (Å²) in [4.78, 5) is 0.281. The lowest BCUT2D eigenvalue weighted by molar-refractivity contribution is -0.125. The van der Waals surface area contributed by atoms with Crippen LogP contribution < -0.4 is 0 Å². The van der Waals surface area contributed by atoms with Crippen molar-refractivity contribution in [3.05, 3.63) is 42.0 Å². The molecule has 0 unspecified atom stereocenters. The van der Waals surface area contributed by atoms with Gasteiger partial charge in [-0.15, -0.1) is 0 Å². The first-order chi connectivity index (χ1) is 10.1. The maximum absolute atomic E-state index is 12.5. The molecule has 21 heavy (non-hydrogen) atoms. The van der Waals surface area contributed by atoms with Crippen LogP contribution in [0.1, 0.15) is 12.0 Å². The van der Waals surface area contributed by atoms with E-state index in [-0.39, 0.29) is 11.0 Å². The van der Waals surface area contributed by atoms with Crippen molar-refractivity contribution >= 4 is 10.1 Å². The highest BCUT2D eigenvalue weighted by atomic mass is 32.2. The molecule has 4 aliphatic rings. The number of fused-ring (bicyclic) bond motifs is 2. The zero-order valence-electron chi connectivity index (χ0n) is 11.8. The predicted molar refractivity (Wildman–Crippen MR) is 77.9 cm³/mol. The molecule has 110 valence electrons. The first-order valence-corrected chi connectivity index (χ1v) is 9.15. The van der Waals surface area contributed by atoms with Crippen molar-refractivity contribution in [2.75, 3.05) is 0 Å². The molecule has 0 aromatic heterocycles. The molecule has 1 aromatic rings. The summed E-state index contributed by atoms with van der Waals surface area (Å²) in [5.41, 5.74) is 1.05. The Balaban J connectivity index is 1.41. The third kappa shape index (κ3) is 1.45. The largest absolute Gasteiger partial charge is 0.297 e. The minimum absolute atomic E-state index is 0.109. The number of benzene rings is 1. The monoisotopic (exact) mass is 302 g/mol. The molecule has 0 bridgehead atoms. The SMILES string of the molecule is Cc1ccc(S(=O)(=O)O[C@@H]2C[C@@H]3[C@@H]4C=C[C@H]5[C@@H]4[C@H]3[C@@H]52)cc1. The molecule has 7 atom stereocenters. The van der Waals surface area contributed by atoms with Crippen molar-refractivity contribution in [1.82, 2.24) is 0 Å². The number of hydrogen-bond acceptors (Lipinski definition) is 3. The van der Waals surface area contributed by atoms with Crippen molar-refractivity contribution in [2.45, 2.75) is 24.3 Å². The maximum atomic E-state index is 12.5. The quantitative estimate of drug-likeness (QED) is 0.637. The van der Waals surface area contributed by atoms with Gasteiger partial charge in [0.1, 0.15) is 0 Å². The van der Waals surface area contributed by atoms with Gasteiger partial charge in [0.05, 0.1) is 11.0 Å². The van der Waals surface area contributed by atoms with Gasteiger partial charge in [-0.2, -0.15) is 8.42 Å². The van der Waals surface area contributed by atoms with E-state index in [2.05, 4.69) is 12.2 Å². The second-order valence-electron chi connectivity index (χ2n) is 7.07. The molecule has 0 N–H and O–H groups in total. The van der Waals surface area contributed by atoms with Crippen LogP contribution >= 0.6 is 0 Å². The van der Waals surface area contributed by atoms with Gasteiger partial charge in [0, 0.05) is 0 Å². The van der Waals surface area contributed by atoms with Gasteiger partial charge in [-0.1, -0.05) is 29.8 Å². The first-order valence-electron chi connectivity index (χ1n) is 7.74. The van der Waals surface area contributed by atoms with Crippen LogP contribution in [-0.4, -0.2) is 14.5 Å². The molecule has 0 radical (unpaired) electrons. The van der Waals surface area contributed by atoms with Gasteiger partial charge in [-0.25, -0.2) is 0 Å². The molecule has 3 fully saturated rings. The van der Waals surface area contributed by atoms with Gasteiger partial charge >= 0.3 is 0 Å². The Morgan fingerprint density at radius 2 is 1.71 bits per heavy atom. The highest BCUT2D eigenvalue weighted by molar-refractivity contribution is 7.86. The number of rotatable bonds is 3. The van der Waals surface area contributed by atoms with Gasteiger partial charge in [-0.3, -0.25) is 4.18 Å². The molecule has 0 aliphatic heterocycles. The van der Waals surface area contributed by atoms with Gasteiger partial charge in [0.15, 0.2) is 0 Å². The predicted octanol–water partition coefficient (Wildman–Crippen LogP) is 2.77. The number of aryl methyl sites for hydroxylation is 1. The Morgan fingerprint density at radius 3 is 2.48 bits per heavy atom. The molecule has 1 aromatic carbocycles. The topological polar surface area (TPSA) is 43.4 Å². The normalized spacial score (nSPS) is 45.1. The number of allylic oxidation sites excluding steroid dienone is 2. The molecular weight excluding hydrogens is 284 g/mol. The molecule has 0 amide bonds. The van der Waals surface area contributed by atoms with Crippen LogP contribution in [-0.2, 0) is 14.3 Å². The summed E-state index contributed by atoms with van der Waals surface area (Å²) in [6.45, 7) is 1.95. The molecule has 3 saturated carbocycles. The van der Waals surface area contributed by atoms with E-state index in [4.69, 9.17) is 4.18 Å². The third-order valence-corrected chi connectivity index (χ3v) is 7.61. The van der Waals surface area contributed by atoms with Crippen LogP contribution in [0.3, 0.4) is 0 Å². The Hall–Kier alpha value is -1.13. The Morgan fingerprint density at radius 1 is 1.00 bits per heavy atom. The van der Waals surface area contributed by atoms with Crippen LogP contribution in [0.2, 0.25) is 0 Å². The molecule has 5 rings (SSSR count). The van der Waals surface area contributed by atoms with Crippen molar-refractivity contribution in [3.8, 4) is 0 Å². The smallest absolute Gasteiger partial charge is 0.263 e. The van der Waals surface area contributed by atoms with Gasteiger partial charge < -0.3 is 0 Å². The summed E-state index contributed by atoms with van der Waals surface area (Å²) < 4.78 is 30.6. The Bertz CT molecular complexity index is 734. The molecular formula is C17H18O3S. The average molecular weight is 302 g/mol. The maximum Gasteiger partial charge on any atom is 0.297 e. The van der Waals surface area contributed by atoms with E-state index >= 15 is 0 Å². The van der Waals surface area contributed by atoms with Gasteiger partial charge in [0.25, 0.3) is 10.1 Å². The standard InChI is InChI=1S/C17H18O3S/c1-9-2-4-10(5-3-9)21(18,19)20-14-8-13-11-6-7-12-15(11)17(13)16(12)14/h2-7,11-17H,8H2,1H3/t11-,12-,13+,14+,15+,16-,17-/m0/s1. The van der Waals surface area contributed by atoms with E-state index in [0.717, 1.165) is 23.8 Å². The molecule has 0 heterocycles. The Labute approximate surface area is 125 Å². The fraction of sp³-hybridized carbons (Fsp3) is 0.529. The molecule has 4 heteroatoms. The fourth-order valence-electron chi connectivity index (χ4n) is 5.41. The summed E-state index contributed by atoms with van der Waals surface area (Å²) in [6, 6.07) is 6.92. The van der Waals surface area contributed by atoms with E-state index in [1.807, 2.05) is 19.1 Å². The van der Waals surface area contributed by atoms with Gasteiger partial charge in [0.2, 0.25) is 0 Å². The van der Waals surface area contributed by atoms with E-state index in [1.54, 1.807) is 12.1 Å². The van der Waals surface area contributed by atoms with Gasteiger partial charge in [-0.05, 0) is 61.0 Å². The molecule has 0 saturated heterocycles. The number of hydrogen-bond donors (Lipinski definition) is 0.